The molecular weight excluding hydrogens is 445 g/mol. The molecule has 174 valence electrons. The molecule has 33 heavy (non-hydrogen) atoms. The van der Waals surface area contributed by atoms with E-state index in [1.165, 1.54) is 34.5 Å². The average molecular weight is 472 g/mol. The Morgan fingerprint density at radius 3 is 2.61 bits per heavy atom. The number of rotatable bonds is 10. The van der Waals surface area contributed by atoms with Gasteiger partial charge in [0.05, 0.1) is 6.61 Å². The summed E-state index contributed by atoms with van der Waals surface area (Å²) in [5.74, 6) is -0.0659. The lowest BCUT2D eigenvalue weighted by Gasteiger charge is -2.14. The molecule has 9 heteroatoms. The number of benzene rings is 1. The molecule has 0 aliphatic carbocycles. The fraction of sp³-hybridized carbons (Fsp3) is 0.333. The fourth-order valence-corrected chi connectivity index (χ4v) is 4.14. The molecule has 2 aromatic heterocycles. The topological polar surface area (TPSA) is 83.2 Å². The maximum atomic E-state index is 13.2. The lowest BCUT2D eigenvalue weighted by Crippen LogP contribution is -2.21. The van der Waals surface area contributed by atoms with Crippen LogP contribution in [-0.4, -0.2) is 26.7 Å². The van der Waals surface area contributed by atoms with Gasteiger partial charge in [0.2, 0.25) is 0 Å². The highest BCUT2D eigenvalue weighted by molar-refractivity contribution is 7.98. The summed E-state index contributed by atoms with van der Waals surface area (Å²) in [6, 6.07) is 9.46. The Morgan fingerprint density at radius 1 is 1.15 bits per heavy atom. The van der Waals surface area contributed by atoms with E-state index in [9.17, 15) is 18.8 Å². The van der Waals surface area contributed by atoms with E-state index >= 15 is 0 Å². The molecule has 0 saturated heterocycles. The molecule has 1 aromatic carbocycles. The zero-order valence-electron chi connectivity index (χ0n) is 18.6. The molecule has 3 aromatic rings. The third kappa shape index (κ3) is 7.15. The van der Waals surface area contributed by atoms with Gasteiger partial charge in [-0.3, -0.25) is 14.4 Å². The van der Waals surface area contributed by atoms with E-state index in [2.05, 4.69) is 4.98 Å². The molecular formula is C24H26FN3O4S. The molecule has 0 saturated carbocycles. The van der Waals surface area contributed by atoms with E-state index in [0.717, 1.165) is 11.1 Å². The number of nitrogens with zero attached hydrogens (tertiary/aromatic N) is 3. The molecule has 0 atom stereocenters. The lowest BCUT2D eigenvalue weighted by molar-refractivity contribution is -0.143. The Bertz CT molecular complexity index is 1220. The normalized spacial score (nSPS) is 10.9. The van der Waals surface area contributed by atoms with E-state index in [4.69, 9.17) is 4.74 Å². The van der Waals surface area contributed by atoms with Gasteiger partial charge in [0.15, 0.2) is 5.16 Å². The van der Waals surface area contributed by atoms with Crippen LogP contribution >= 0.6 is 11.8 Å². The number of thioether (sulfide) groups is 1. The molecule has 2 heterocycles. The van der Waals surface area contributed by atoms with Gasteiger partial charge in [-0.25, -0.2) is 4.39 Å². The second-order valence-electron chi connectivity index (χ2n) is 7.53. The SMILES string of the molecule is CCOC(=O)CCCn1cc(Cc2ccn(C)c(=O)c2)c(=O)nc1SCc1ccc(F)cc1. The second-order valence-corrected chi connectivity index (χ2v) is 8.47. The van der Waals surface area contributed by atoms with E-state index in [1.807, 2.05) is 4.57 Å². The van der Waals surface area contributed by atoms with Gasteiger partial charge in [0.1, 0.15) is 5.82 Å². The van der Waals surface area contributed by atoms with E-state index in [-0.39, 0.29) is 35.7 Å². The first kappa shape index (κ1) is 24.4. The van der Waals surface area contributed by atoms with Crippen molar-refractivity contribution in [1.29, 1.82) is 0 Å². The standard InChI is InChI=1S/C24H26FN3O4S/c1-3-32-22(30)5-4-11-28-15-19(13-18-10-12-27(2)21(29)14-18)23(31)26-24(28)33-16-17-6-8-20(25)9-7-17/h6-10,12,14-15H,3-5,11,13,16H2,1-2H3. The summed E-state index contributed by atoms with van der Waals surface area (Å²) in [7, 11) is 1.66. The maximum Gasteiger partial charge on any atom is 0.305 e. The second kappa shape index (κ2) is 11.6. The molecule has 0 radical (unpaired) electrons. The highest BCUT2D eigenvalue weighted by Crippen LogP contribution is 2.21. The van der Waals surface area contributed by atoms with Crippen LogP contribution in [0.15, 0.2) is 63.5 Å². The van der Waals surface area contributed by atoms with Crippen molar-refractivity contribution in [2.24, 2.45) is 7.05 Å². The minimum Gasteiger partial charge on any atom is -0.466 e. The average Bonchev–Trinajstić information content (AvgIpc) is 2.78. The number of carbonyl (C=O) groups is 1. The molecule has 3 rings (SSSR count). The summed E-state index contributed by atoms with van der Waals surface area (Å²) in [6.07, 6.45) is 4.47. The fourth-order valence-electron chi connectivity index (χ4n) is 3.19. The minimum atomic E-state index is -0.362. The van der Waals surface area contributed by atoms with Crippen molar-refractivity contribution >= 4 is 17.7 Å². The Balaban J connectivity index is 1.82. The number of esters is 1. The monoisotopic (exact) mass is 471 g/mol. The third-order valence-corrected chi connectivity index (χ3v) is 6.02. The van der Waals surface area contributed by atoms with E-state index < -0.39 is 0 Å². The van der Waals surface area contributed by atoms with Crippen molar-refractivity contribution in [2.45, 2.75) is 43.6 Å². The van der Waals surface area contributed by atoms with Crippen molar-refractivity contribution in [2.75, 3.05) is 6.61 Å². The van der Waals surface area contributed by atoms with Gasteiger partial charge in [0, 0.05) is 56.2 Å². The molecule has 0 bridgehead atoms. The zero-order valence-corrected chi connectivity index (χ0v) is 19.4. The first-order valence-corrected chi connectivity index (χ1v) is 11.6. The molecule has 0 amide bonds. The summed E-state index contributed by atoms with van der Waals surface area (Å²) < 4.78 is 21.5. The van der Waals surface area contributed by atoms with Crippen LogP contribution in [0.5, 0.6) is 0 Å². The first-order valence-electron chi connectivity index (χ1n) is 10.6. The van der Waals surface area contributed by atoms with Crippen LogP contribution in [0.3, 0.4) is 0 Å². The summed E-state index contributed by atoms with van der Waals surface area (Å²) in [5.41, 5.74) is 1.57. The Kier molecular flexibility index (Phi) is 8.59. The van der Waals surface area contributed by atoms with Gasteiger partial charge in [-0.05, 0) is 42.7 Å². The van der Waals surface area contributed by atoms with Crippen molar-refractivity contribution in [1.82, 2.24) is 14.1 Å². The molecule has 0 N–H and O–H groups in total. The number of carbonyl (C=O) groups excluding carboxylic acids is 1. The van der Waals surface area contributed by atoms with Crippen molar-refractivity contribution in [3.05, 3.63) is 92.0 Å². The Morgan fingerprint density at radius 2 is 1.91 bits per heavy atom. The van der Waals surface area contributed by atoms with Gasteiger partial charge >= 0.3 is 5.97 Å². The van der Waals surface area contributed by atoms with Crippen LogP contribution < -0.4 is 11.1 Å². The van der Waals surface area contributed by atoms with Gasteiger partial charge in [-0.15, -0.1) is 0 Å². The van der Waals surface area contributed by atoms with E-state index in [1.54, 1.807) is 44.6 Å². The minimum absolute atomic E-state index is 0.151. The first-order chi connectivity index (χ1) is 15.9. The summed E-state index contributed by atoms with van der Waals surface area (Å²) >= 11 is 1.37. The number of aryl methyl sites for hydroxylation is 2. The molecule has 0 spiro atoms. The number of hydrogen-bond acceptors (Lipinski definition) is 6. The van der Waals surface area contributed by atoms with Crippen LogP contribution in [0.4, 0.5) is 4.39 Å². The zero-order chi connectivity index (χ0) is 23.8. The van der Waals surface area contributed by atoms with Gasteiger partial charge < -0.3 is 13.9 Å². The molecule has 0 aliphatic heterocycles. The number of pyridine rings is 1. The summed E-state index contributed by atoms with van der Waals surface area (Å²) in [5, 5.41) is 0.515. The predicted octanol–water partition coefficient (Wildman–Crippen LogP) is 3.31. The largest absolute Gasteiger partial charge is 0.466 e. The van der Waals surface area contributed by atoms with Crippen LogP contribution in [0, 0.1) is 5.82 Å². The molecule has 0 unspecified atom stereocenters. The summed E-state index contributed by atoms with van der Waals surface area (Å²) in [6.45, 7) is 2.57. The Hall–Kier alpha value is -3.20. The highest BCUT2D eigenvalue weighted by atomic mass is 32.2. The van der Waals surface area contributed by atoms with Crippen molar-refractivity contribution < 1.29 is 13.9 Å². The lowest BCUT2D eigenvalue weighted by atomic mass is 10.1. The maximum absolute atomic E-state index is 13.2. The van der Waals surface area contributed by atoms with Gasteiger partial charge in [-0.1, -0.05) is 23.9 Å². The quantitative estimate of drug-likeness (QED) is 0.256. The Labute approximate surface area is 195 Å². The smallest absolute Gasteiger partial charge is 0.305 e. The molecule has 0 aliphatic rings. The van der Waals surface area contributed by atoms with Crippen LogP contribution in [0.1, 0.15) is 36.5 Å². The van der Waals surface area contributed by atoms with E-state index in [0.29, 0.717) is 36.0 Å². The number of ether oxygens (including phenoxy) is 1. The number of halogens is 1. The third-order valence-electron chi connectivity index (χ3n) is 4.96. The summed E-state index contributed by atoms with van der Waals surface area (Å²) in [4.78, 5) is 40.6. The van der Waals surface area contributed by atoms with Crippen molar-refractivity contribution in [3.63, 3.8) is 0 Å². The highest BCUT2D eigenvalue weighted by Gasteiger charge is 2.12. The van der Waals surface area contributed by atoms with Gasteiger partial charge in [0.25, 0.3) is 11.1 Å². The number of hydrogen-bond donors (Lipinski definition) is 0. The van der Waals surface area contributed by atoms with Gasteiger partial charge in [-0.2, -0.15) is 4.98 Å². The molecule has 0 fully saturated rings. The van der Waals surface area contributed by atoms with Crippen LogP contribution in [0.2, 0.25) is 0 Å². The van der Waals surface area contributed by atoms with Crippen molar-refractivity contribution in [3.8, 4) is 0 Å². The van der Waals surface area contributed by atoms with Crippen LogP contribution in [0.25, 0.3) is 0 Å². The predicted molar refractivity (Wildman–Crippen MR) is 125 cm³/mol. The molecule has 7 nitrogen and oxygen atoms in total. The number of aromatic nitrogens is 3. The van der Waals surface area contributed by atoms with Crippen LogP contribution in [-0.2, 0) is 35.3 Å².